The Bertz CT molecular complexity index is 1830. The van der Waals surface area contributed by atoms with E-state index in [0.29, 0.717) is 60.7 Å². The highest BCUT2D eigenvalue weighted by molar-refractivity contribution is 7.07. The zero-order valence-electron chi connectivity index (χ0n) is 21.6. The van der Waals surface area contributed by atoms with Crippen LogP contribution < -0.4 is 34.4 Å². The number of carbonyl (C=O) groups excluding carboxylic acids is 1. The van der Waals surface area contributed by atoms with E-state index >= 15 is 0 Å². The Morgan fingerprint density at radius 1 is 1.15 bits per heavy atom. The van der Waals surface area contributed by atoms with Crippen molar-refractivity contribution in [2.45, 2.75) is 19.9 Å². The molecule has 2 aliphatic rings. The number of nitrogens with one attached hydrogen (secondary N) is 1. The molecule has 10 heteroatoms. The number of benzene rings is 3. The molecule has 0 aliphatic carbocycles. The van der Waals surface area contributed by atoms with Crippen LogP contribution in [0.4, 0.5) is 5.69 Å². The van der Waals surface area contributed by atoms with Gasteiger partial charge in [0.25, 0.3) is 11.5 Å². The molecule has 0 fully saturated rings. The van der Waals surface area contributed by atoms with E-state index in [-0.39, 0.29) is 18.3 Å². The fourth-order valence-corrected chi connectivity index (χ4v) is 5.99. The van der Waals surface area contributed by atoms with Crippen LogP contribution in [0, 0.1) is 0 Å². The zero-order valence-corrected chi connectivity index (χ0v) is 23.2. The van der Waals surface area contributed by atoms with Gasteiger partial charge in [-0.15, -0.1) is 0 Å². The van der Waals surface area contributed by atoms with E-state index in [4.69, 9.17) is 30.8 Å². The van der Waals surface area contributed by atoms with E-state index in [0.717, 1.165) is 5.56 Å². The number of ether oxygens (including phenoxy) is 3. The van der Waals surface area contributed by atoms with Gasteiger partial charge in [-0.2, -0.15) is 0 Å². The third kappa shape index (κ3) is 4.78. The molecular formula is C30H24ClN3O5S. The first-order valence-corrected chi connectivity index (χ1v) is 13.8. The molecule has 1 aromatic heterocycles. The molecule has 8 nitrogen and oxygen atoms in total. The molecule has 4 aromatic rings. The lowest BCUT2D eigenvalue weighted by atomic mass is 9.95. The topological polar surface area (TPSA) is 91.2 Å². The highest BCUT2D eigenvalue weighted by Crippen LogP contribution is 2.37. The first kappa shape index (κ1) is 25.9. The summed E-state index contributed by atoms with van der Waals surface area (Å²) in [5.41, 5.74) is 2.65. The molecule has 0 saturated heterocycles. The predicted molar refractivity (Wildman–Crippen MR) is 154 cm³/mol. The van der Waals surface area contributed by atoms with E-state index in [1.54, 1.807) is 29.7 Å². The summed E-state index contributed by atoms with van der Waals surface area (Å²) in [5.74, 6) is 1.49. The van der Waals surface area contributed by atoms with Gasteiger partial charge < -0.3 is 19.5 Å². The molecule has 0 spiro atoms. The number of carbonyl (C=O) groups is 1. The fraction of sp³-hybridized carbons (Fsp3) is 0.167. The molecule has 6 rings (SSSR count). The summed E-state index contributed by atoms with van der Waals surface area (Å²) in [6.45, 7) is 4.34. The van der Waals surface area contributed by atoms with Gasteiger partial charge in [0.15, 0.2) is 16.3 Å². The summed E-state index contributed by atoms with van der Waals surface area (Å²) < 4.78 is 18.5. The molecule has 0 bridgehead atoms. The van der Waals surface area contributed by atoms with Crippen LogP contribution in [0.1, 0.15) is 31.0 Å². The first-order chi connectivity index (χ1) is 19.4. The molecule has 1 amide bonds. The number of hydrogen-bond acceptors (Lipinski definition) is 7. The lowest BCUT2D eigenvalue weighted by molar-refractivity contribution is -0.113. The summed E-state index contributed by atoms with van der Waals surface area (Å²) >= 11 is 7.74. The van der Waals surface area contributed by atoms with Gasteiger partial charge in [-0.05, 0) is 61.4 Å². The number of hydrogen-bond donors (Lipinski definition) is 1. The summed E-state index contributed by atoms with van der Waals surface area (Å²) in [6.07, 6.45) is 1.71. The third-order valence-corrected chi connectivity index (χ3v) is 7.89. The van der Waals surface area contributed by atoms with Crippen molar-refractivity contribution in [1.29, 1.82) is 0 Å². The molecule has 202 valence electrons. The van der Waals surface area contributed by atoms with Crippen molar-refractivity contribution in [2.24, 2.45) is 4.99 Å². The highest BCUT2D eigenvalue weighted by Gasteiger charge is 2.32. The number of nitrogens with zero attached hydrogens (tertiary/aromatic N) is 2. The van der Waals surface area contributed by atoms with Crippen molar-refractivity contribution in [3.8, 4) is 17.2 Å². The van der Waals surface area contributed by atoms with E-state index in [9.17, 15) is 9.59 Å². The van der Waals surface area contributed by atoms with Crippen molar-refractivity contribution in [3.63, 3.8) is 0 Å². The molecule has 1 N–H and O–H groups in total. The van der Waals surface area contributed by atoms with Gasteiger partial charge in [-0.25, -0.2) is 4.99 Å². The Hall–Kier alpha value is -4.34. The Balaban J connectivity index is 1.49. The first-order valence-electron chi connectivity index (χ1n) is 12.6. The number of halogens is 1. The van der Waals surface area contributed by atoms with Crippen LogP contribution >= 0.6 is 22.9 Å². The number of amides is 1. The molecule has 1 atom stereocenters. The normalized spacial score (nSPS) is 16.0. The van der Waals surface area contributed by atoms with Crippen LogP contribution in [0.25, 0.3) is 6.08 Å². The lowest BCUT2D eigenvalue weighted by Gasteiger charge is -2.25. The smallest absolute Gasteiger partial charge is 0.271 e. The second-order valence-electron chi connectivity index (χ2n) is 9.13. The summed E-state index contributed by atoms with van der Waals surface area (Å²) in [5, 5.41) is 3.39. The van der Waals surface area contributed by atoms with E-state index < -0.39 is 6.04 Å². The van der Waals surface area contributed by atoms with E-state index in [1.807, 2.05) is 61.5 Å². The monoisotopic (exact) mass is 573 g/mol. The van der Waals surface area contributed by atoms with Crippen LogP contribution in [0.3, 0.4) is 0 Å². The maximum Gasteiger partial charge on any atom is 0.271 e. The Labute approximate surface area is 238 Å². The van der Waals surface area contributed by atoms with Crippen molar-refractivity contribution in [2.75, 3.05) is 18.7 Å². The van der Waals surface area contributed by atoms with Crippen LogP contribution in [-0.2, 0) is 4.79 Å². The lowest BCUT2D eigenvalue weighted by Crippen LogP contribution is -2.40. The van der Waals surface area contributed by atoms with Gasteiger partial charge in [0, 0.05) is 11.8 Å². The Kier molecular flexibility index (Phi) is 6.91. The largest absolute Gasteiger partial charge is 0.494 e. The fourth-order valence-electron chi connectivity index (χ4n) is 4.74. The Morgan fingerprint density at radius 2 is 1.88 bits per heavy atom. The summed E-state index contributed by atoms with van der Waals surface area (Å²) in [7, 11) is 0. The molecule has 2 aliphatic heterocycles. The number of rotatable bonds is 6. The minimum absolute atomic E-state index is 0.118. The molecule has 0 radical (unpaired) electrons. The second kappa shape index (κ2) is 10.7. The maximum atomic E-state index is 14.0. The molecular weight excluding hydrogens is 550 g/mol. The van der Waals surface area contributed by atoms with Gasteiger partial charge in [-0.3, -0.25) is 14.2 Å². The zero-order chi connectivity index (χ0) is 27.8. The number of allylic oxidation sites excluding steroid dienone is 1. The van der Waals surface area contributed by atoms with Crippen molar-refractivity contribution < 1.29 is 19.0 Å². The minimum Gasteiger partial charge on any atom is -0.494 e. The van der Waals surface area contributed by atoms with Crippen LogP contribution in [0.5, 0.6) is 17.2 Å². The number of aromatic nitrogens is 1. The molecule has 3 aromatic carbocycles. The van der Waals surface area contributed by atoms with E-state index in [2.05, 4.69) is 5.32 Å². The quantitative estimate of drug-likeness (QED) is 0.362. The average molecular weight is 574 g/mol. The van der Waals surface area contributed by atoms with Crippen LogP contribution in [0.2, 0.25) is 5.02 Å². The molecule has 0 unspecified atom stereocenters. The number of fused-ring (bicyclic) bond motifs is 2. The Morgan fingerprint density at radius 3 is 2.60 bits per heavy atom. The van der Waals surface area contributed by atoms with Crippen molar-refractivity contribution in [3.05, 3.63) is 114 Å². The minimum atomic E-state index is -0.704. The molecule has 0 saturated carbocycles. The third-order valence-electron chi connectivity index (χ3n) is 6.58. The number of anilines is 1. The predicted octanol–water partition coefficient (Wildman–Crippen LogP) is 4.65. The summed E-state index contributed by atoms with van der Waals surface area (Å²) in [6, 6.07) is 19.3. The van der Waals surface area contributed by atoms with Crippen LogP contribution in [0.15, 0.2) is 87.8 Å². The summed E-state index contributed by atoms with van der Waals surface area (Å²) in [4.78, 5) is 32.8. The van der Waals surface area contributed by atoms with Crippen molar-refractivity contribution in [1.82, 2.24) is 4.57 Å². The van der Waals surface area contributed by atoms with Gasteiger partial charge in [0.1, 0.15) is 5.75 Å². The molecule has 3 heterocycles. The second-order valence-corrected chi connectivity index (χ2v) is 10.5. The van der Waals surface area contributed by atoms with E-state index in [1.165, 1.54) is 11.3 Å². The van der Waals surface area contributed by atoms with Gasteiger partial charge >= 0.3 is 0 Å². The molecule has 40 heavy (non-hydrogen) atoms. The van der Waals surface area contributed by atoms with Crippen molar-refractivity contribution >= 4 is 40.6 Å². The van der Waals surface area contributed by atoms with Gasteiger partial charge in [0.2, 0.25) is 6.79 Å². The maximum absolute atomic E-state index is 14.0. The van der Waals surface area contributed by atoms with Crippen LogP contribution in [-0.4, -0.2) is 23.9 Å². The number of para-hydroxylation sites is 1. The number of thiazole rings is 1. The SMILES string of the molecule is CCOc1ccc([C@@H]2C(C(=O)Nc3ccccc3)=C(C)N=c3s/c(=C\c4cc5c(cc4Cl)OCO5)c(=O)n32)cc1. The van der Waals surface area contributed by atoms with Gasteiger partial charge in [-0.1, -0.05) is 53.3 Å². The highest BCUT2D eigenvalue weighted by atomic mass is 35.5. The van der Waals surface area contributed by atoms with Gasteiger partial charge in [0.05, 0.1) is 33.5 Å². The average Bonchev–Trinajstić information content (AvgIpc) is 3.52. The standard InChI is InChI=1S/C30H24ClN3O5S/c1-3-37-21-11-9-18(10-12-21)27-26(28(35)33-20-7-5-4-6-8-20)17(2)32-30-34(27)29(36)25(40-30)14-19-13-23-24(15-22(19)31)39-16-38-23/h4-15,27H,3,16H2,1-2H3,(H,33,35)/b25-14-/t27-/m1/s1.